The average Bonchev–Trinajstić information content (AvgIpc) is 3.22. The Morgan fingerprint density at radius 1 is 1.38 bits per heavy atom. The van der Waals surface area contributed by atoms with E-state index in [4.69, 9.17) is 11.2 Å². The second kappa shape index (κ2) is 5.76. The van der Waals surface area contributed by atoms with Gasteiger partial charge in [0.05, 0.1) is 5.60 Å². The molecule has 114 valence electrons. The van der Waals surface area contributed by atoms with Gasteiger partial charge in [-0.2, -0.15) is 10.2 Å². The fraction of sp³-hybridized carbons (Fsp3) is 0.812. The number of ether oxygens (including phenoxy) is 1. The number of rotatable bonds is 6. The number of terminal acetylenes is 1. The summed E-state index contributed by atoms with van der Waals surface area (Å²) in [5.74, 6) is 2.71. The van der Waals surface area contributed by atoms with Gasteiger partial charge in [0.15, 0.2) is 5.66 Å². The Kier molecular flexibility index (Phi) is 3.99. The number of nitrogens with zero attached hydrogens (tertiary/aromatic N) is 2. The summed E-state index contributed by atoms with van der Waals surface area (Å²) in [5.41, 5.74) is -0.278. The van der Waals surface area contributed by atoms with Gasteiger partial charge in [-0.15, -0.1) is 12.3 Å². The highest BCUT2D eigenvalue weighted by Gasteiger charge is 2.43. The number of nitrogens with one attached hydrogen (secondary N) is 1. The summed E-state index contributed by atoms with van der Waals surface area (Å²) in [7, 11) is 0. The Labute approximate surface area is 125 Å². The van der Waals surface area contributed by atoms with Crippen LogP contribution in [0.3, 0.4) is 0 Å². The third-order valence-electron chi connectivity index (χ3n) is 4.93. The lowest BCUT2D eigenvalue weighted by atomic mass is 9.74. The summed E-state index contributed by atoms with van der Waals surface area (Å²) in [6.45, 7) is 0.766. The summed E-state index contributed by atoms with van der Waals surface area (Å²) in [5, 5.41) is 11.3. The van der Waals surface area contributed by atoms with Crippen molar-refractivity contribution in [3.63, 3.8) is 0 Å². The van der Waals surface area contributed by atoms with Crippen molar-refractivity contribution in [2.24, 2.45) is 10.2 Å². The summed E-state index contributed by atoms with van der Waals surface area (Å²) >= 11 is 0. The van der Waals surface area contributed by atoms with Gasteiger partial charge in [0.25, 0.3) is 0 Å². The molecule has 1 unspecified atom stereocenters. The SMILES string of the molecule is C#CCCC1(CCC(=O)NC2CCOC3(CCC3)C2)N=N1. The van der Waals surface area contributed by atoms with Gasteiger partial charge in [-0.25, -0.2) is 0 Å². The Bertz CT molecular complexity index is 470. The Balaban J connectivity index is 1.39. The minimum Gasteiger partial charge on any atom is -0.375 e. The standard InChI is InChI=1S/C16H23N3O2/c1-2-3-9-16(18-19-16)10-5-14(20)17-13-6-11-21-15(12-13)7-4-8-15/h1,13H,3-12H2,(H,17,20). The number of carbonyl (C=O) groups excluding carboxylic acids is 1. The zero-order valence-corrected chi connectivity index (χ0v) is 12.4. The number of hydrogen-bond acceptors (Lipinski definition) is 4. The molecule has 0 aromatic rings. The topological polar surface area (TPSA) is 63.0 Å². The van der Waals surface area contributed by atoms with Crippen LogP contribution in [-0.4, -0.2) is 29.8 Å². The molecule has 1 saturated carbocycles. The first-order chi connectivity index (χ1) is 10.2. The van der Waals surface area contributed by atoms with Crippen LogP contribution in [0.1, 0.15) is 57.8 Å². The lowest BCUT2D eigenvalue weighted by Gasteiger charge is -2.47. The van der Waals surface area contributed by atoms with Gasteiger partial charge in [-0.05, 0) is 32.1 Å². The van der Waals surface area contributed by atoms with Crippen LogP contribution in [0.15, 0.2) is 10.2 Å². The molecule has 3 aliphatic rings. The van der Waals surface area contributed by atoms with Crippen LogP contribution >= 0.6 is 0 Å². The van der Waals surface area contributed by atoms with Crippen molar-refractivity contribution in [2.75, 3.05) is 6.61 Å². The predicted molar refractivity (Wildman–Crippen MR) is 78.6 cm³/mol. The molecule has 2 fully saturated rings. The zero-order valence-electron chi connectivity index (χ0n) is 12.4. The van der Waals surface area contributed by atoms with Crippen LogP contribution in [0.2, 0.25) is 0 Å². The molecular formula is C16H23N3O2. The molecule has 1 aliphatic carbocycles. The van der Waals surface area contributed by atoms with E-state index >= 15 is 0 Å². The van der Waals surface area contributed by atoms with E-state index in [9.17, 15) is 4.79 Å². The maximum Gasteiger partial charge on any atom is 0.220 e. The molecule has 1 N–H and O–H groups in total. The number of carbonyl (C=O) groups is 1. The van der Waals surface area contributed by atoms with Crippen LogP contribution in [-0.2, 0) is 9.53 Å². The van der Waals surface area contributed by atoms with Crippen molar-refractivity contribution in [3.8, 4) is 12.3 Å². The van der Waals surface area contributed by atoms with Crippen LogP contribution in [0.5, 0.6) is 0 Å². The van der Waals surface area contributed by atoms with Gasteiger partial charge in [-0.3, -0.25) is 4.79 Å². The summed E-state index contributed by atoms with van der Waals surface area (Å²) in [6.07, 6.45) is 13.3. The van der Waals surface area contributed by atoms with Crippen LogP contribution in [0, 0.1) is 12.3 Å². The Morgan fingerprint density at radius 2 is 2.19 bits per heavy atom. The molecule has 1 amide bonds. The Morgan fingerprint density at radius 3 is 2.81 bits per heavy atom. The highest BCUT2D eigenvalue weighted by molar-refractivity contribution is 5.76. The largest absolute Gasteiger partial charge is 0.375 e. The minimum atomic E-state index is -0.353. The summed E-state index contributed by atoms with van der Waals surface area (Å²) in [4.78, 5) is 12.1. The van der Waals surface area contributed by atoms with Crippen molar-refractivity contribution < 1.29 is 9.53 Å². The second-order valence-electron chi connectivity index (χ2n) is 6.53. The van der Waals surface area contributed by atoms with Gasteiger partial charge in [0.2, 0.25) is 5.91 Å². The molecule has 5 heteroatoms. The monoisotopic (exact) mass is 289 g/mol. The van der Waals surface area contributed by atoms with Crippen molar-refractivity contribution in [2.45, 2.75) is 75.1 Å². The molecular weight excluding hydrogens is 266 g/mol. The third kappa shape index (κ3) is 3.44. The molecule has 1 saturated heterocycles. The second-order valence-corrected chi connectivity index (χ2v) is 6.53. The quantitative estimate of drug-likeness (QED) is 0.764. The predicted octanol–water partition coefficient (Wildman–Crippen LogP) is 2.56. The smallest absolute Gasteiger partial charge is 0.220 e. The van der Waals surface area contributed by atoms with E-state index < -0.39 is 0 Å². The molecule has 2 aliphatic heterocycles. The molecule has 0 radical (unpaired) electrons. The van der Waals surface area contributed by atoms with Crippen molar-refractivity contribution in [1.82, 2.24) is 5.32 Å². The fourth-order valence-electron chi connectivity index (χ4n) is 3.35. The number of amides is 1. The molecule has 0 aromatic carbocycles. The van der Waals surface area contributed by atoms with Crippen LogP contribution in [0.4, 0.5) is 0 Å². The lowest BCUT2D eigenvalue weighted by Crippen LogP contribution is -2.52. The van der Waals surface area contributed by atoms with E-state index in [1.165, 1.54) is 6.42 Å². The maximum absolute atomic E-state index is 12.1. The first kappa shape index (κ1) is 14.5. The molecule has 3 rings (SSSR count). The molecule has 0 bridgehead atoms. The van der Waals surface area contributed by atoms with Gasteiger partial charge in [0, 0.05) is 38.3 Å². The first-order valence-electron chi connectivity index (χ1n) is 7.96. The summed E-state index contributed by atoms with van der Waals surface area (Å²) < 4.78 is 5.88. The van der Waals surface area contributed by atoms with E-state index in [2.05, 4.69) is 21.5 Å². The van der Waals surface area contributed by atoms with E-state index in [0.29, 0.717) is 19.3 Å². The molecule has 1 spiro atoms. The van der Waals surface area contributed by atoms with Crippen molar-refractivity contribution >= 4 is 5.91 Å². The third-order valence-corrected chi connectivity index (χ3v) is 4.93. The Hall–Kier alpha value is -1.41. The average molecular weight is 289 g/mol. The summed E-state index contributed by atoms with van der Waals surface area (Å²) in [6, 6.07) is 0.265. The molecule has 0 aromatic heterocycles. The van der Waals surface area contributed by atoms with E-state index in [1.807, 2.05) is 0 Å². The highest BCUT2D eigenvalue weighted by atomic mass is 16.5. The molecule has 5 nitrogen and oxygen atoms in total. The lowest BCUT2D eigenvalue weighted by molar-refractivity contribution is -0.141. The molecule has 21 heavy (non-hydrogen) atoms. The zero-order chi connectivity index (χ0) is 14.8. The van der Waals surface area contributed by atoms with Gasteiger partial charge in [-0.1, -0.05) is 0 Å². The first-order valence-corrected chi connectivity index (χ1v) is 7.96. The van der Waals surface area contributed by atoms with Crippen molar-refractivity contribution in [1.29, 1.82) is 0 Å². The maximum atomic E-state index is 12.1. The minimum absolute atomic E-state index is 0.0748. The van der Waals surface area contributed by atoms with Gasteiger partial charge >= 0.3 is 0 Å². The number of hydrogen-bond donors (Lipinski definition) is 1. The normalized spacial score (nSPS) is 27.7. The van der Waals surface area contributed by atoms with Gasteiger partial charge < -0.3 is 10.1 Å². The van der Waals surface area contributed by atoms with Crippen molar-refractivity contribution in [3.05, 3.63) is 0 Å². The fourth-order valence-corrected chi connectivity index (χ4v) is 3.35. The van der Waals surface area contributed by atoms with E-state index in [0.717, 1.165) is 38.7 Å². The van der Waals surface area contributed by atoms with E-state index in [-0.39, 0.29) is 23.2 Å². The molecule has 2 heterocycles. The van der Waals surface area contributed by atoms with E-state index in [1.54, 1.807) is 0 Å². The molecule has 1 atom stereocenters. The highest BCUT2D eigenvalue weighted by Crippen LogP contribution is 2.42. The van der Waals surface area contributed by atoms with Crippen LogP contribution in [0.25, 0.3) is 0 Å². The van der Waals surface area contributed by atoms with Gasteiger partial charge in [0.1, 0.15) is 0 Å². The van der Waals surface area contributed by atoms with Crippen LogP contribution < -0.4 is 5.32 Å².